The predicted molar refractivity (Wildman–Crippen MR) is 54.3 cm³/mol. The van der Waals surface area contributed by atoms with Crippen LogP contribution in [0.3, 0.4) is 0 Å². The summed E-state index contributed by atoms with van der Waals surface area (Å²) >= 11 is 5.69. The summed E-state index contributed by atoms with van der Waals surface area (Å²) in [5.41, 5.74) is 0.285. The molecule has 6 heteroatoms. The molecule has 0 amide bonds. The molecular weight excluding hydrogens is 243 g/mol. The molecule has 2 aromatic rings. The van der Waals surface area contributed by atoms with E-state index in [4.69, 9.17) is 16.7 Å². The van der Waals surface area contributed by atoms with Gasteiger partial charge in [-0.15, -0.1) is 0 Å². The normalized spacial score (nSPS) is 14.3. The fraction of sp³-hybridized carbons (Fsp3) is 0.200. The quantitative estimate of drug-likeness (QED) is 0.798. The van der Waals surface area contributed by atoms with Gasteiger partial charge < -0.3 is 10.1 Å². The molecule has 0 bridgehead atoms. The number of H-pyrrole nitrogens is 1. The van der Waals surface area contributed by atoms with Crippen molar-refractivity contribution in [2.24, 2.45) is 0 Å². The molecule has 1 heterocycles. The van der Waals surface area contributed by atoms with Crippen LogP contribution in [0.4, 0.5) is 13.2 Å². The van der Waals surface area contributed by atoms with E-state index in [1.165, 1.54) is 6.07 Å². The first-order valence-corrected chi connectivity index (χ1v) is 4.78. The van der Waals surface area contributed by atoms with Gasteiger partial charge in [-0.25, -0.2) is 0 Å². The van der Waals surface area contributed by atoms with Crippen molar-refractivity contribution in [2.75, 3.05) is 0 Å². The second-order valence-electron chi connectivity index (χ2n) is 3.38. The van der Waals surface area contributed by atoms with Crippen molar-refractivity contribution in [3.8, 4) is 0 Å². The van der Waals surface area contributed by atoms with Crippen LogP contribution >= 0.6 is 11.6 Å². The molecule has 0 aliphatic carbocycles. The molecule has 0 aliphatic heterocycles. The van der Waals surface area contributed by atoms with E-state index >= 15 is 0 Å². The van der Waals surface area contributed by atoms with Gasteiger partial charge in [-0.1, -0.05) is 11.6 Å². The molecule has 1 aromatic carbocycles. The number of alkyl halides is 3. The second kappa shape index (κ2) is 3.68. The zero-order chi connectivity index (χ0) is 11.9. The fourth-order valence-corrected chi connectivity index (χ4v) is 1.69. The Bertz CT molecular complexity index is 520. The second-order valence-corrected chi connectivity index (χ2v) is 3.81. The molecular formula is C10H7ClF3NO. The molecule has 0 unspecified atom stereocenters. The van der Waals surface area contributed by atoms with Gasteiger partial charge in [0.1, 0.15) is 0 Å². The first kappa shape index (κ1) is 11.3. The molecule has 1 aromatic heterocycles. The summed E-state index contributed by atoms with van der Waals surface area (Å²) < 4.78 is 37.0. The third-order valence-electron chi connectivity index (χ3n) is 2.28. The van der Waals surface area contributed by atoms with Crippen LogP contribution < -0.4 is 0 Å². The number of rotatable bonds is 1. The molecule has 0 radical (unpaired) electrons. The molecule has 0 aliphatic rings. The molecule has 0 spiro atoms. The van der Waals surface area contributed by atoms with Crippen LogP contribution in [-0.2, 0) is 0 Å². The van der Waals surface area contributed by atoms with E-state index in [1.807, 2.05) is 0 Å². The van der Waals surface area contributed by atoms with E-state index in [2.05, 4.69) is 4.98 Å². The van der Waals surface area contributed by atoms with Crippen molar-refractivity contribution in [1.82, 2.24) is 4.98 Å². The molecule has 0 saturated carbocycles. The lowest BCUT2D eigenvalue weighted by Crippen LogP contribution is -2.19. The van der Waals surface area contributed by atoms with Gasteiger partial charge in [-0.2, -0.15) is 13.2 Å². The van der Waals surface area contributed by atoms with Crippen LogP contribution in [0, 0.1) is 0 Å². The number of aromatic nitrogens is 1. The lowest BCUT2D eigenvalue weighted by atomic mass is 10.1. The van der Waals surface area contributed by atoms with E-state index in [0.717, 1.165) is 6.20 Å². The number of aliphatic hydroxyl groups is 1. The molecule has 16 heavy (non-hydrogen) atoms. The van der Waals surface area contributed by atoms with Gasteiger partial charge in [0, 0.05) is 27.7 Å². The summed E-state index contributed by atoms with van der Waals surface area (Å²) in [5.74, 6) is 0. The van der Waals surface area contributed by atoms with Gasteiger partial charge in [-0.05, 0) is 18.2 Å². The van der Waals surface area contributed by atoms with Crippen LogP contribution in [0.15, 0.2) is 24.4 Å². The Morgan fingerprint density at radius 2 is 2.00 bits per heavy atom. The smallest absolute Gasteiger partial charge is 0.379 e. The molecule has 0 saturated heterocycles. The Kier molecular flexibility index (Phi) is 2.59. The monoisotopic (exact) mass is 249 g/mol. The Morgan fingerprint density at radius 3 is 2.62 bits per heavy atom. The average Bonchev–Trinajstić information content (AvgIpc) is 2.57. The minimum atomic E-state index is -4.68. The van der Waals surface area contributed by atoms with Crippen LogP contribution in [0.1, 0.15) is 11.7 Å². The number of hydrogen-bond donors (Lipinski definition) is 2. The van der Waals surface area contributed by atoms with Crippen molar-refractivity contribution in [3.05, 3.63) is 35.0 Å². The van der Waals surface area contributed by atoms with Gasteiger partial charge in [0.2, 0.25) is 0 Å². The van der Waals surface area contributed by atoms with Crippen LogP contribution in [0.25, 0.3) is 10.9 Å². The zero-order valence-corrected chi connectivity index (χ0v) is 8.60. The third kappa shape index (κ3) is 1.88. The first-order chi connectivity index (χ1) is 7.39. The number of halogens is 4. The van der Waals surface area contributed by atoms with E-state index in [9.17, 15) is 13.2 Å². The maximum absolute atomic E-state index is 12.3. The third-order valence-corrected chi connectivity index (χ3v) is 2.52. The Labute approximate surface area is 93.6 Å². The highest BCUT2D eigenvalue weighted by atomic mass is 35.5. The van der Waals surface area contributed by atoms with Crippen molar-refractivity contribution < 1.29 is 18.3 Å². The van der Waals surface area contributed by atoms with Gasteiger partial charge in [0.05, 0.1) is 0 Å². The summed E-state index contributed by atoms with van der Waals surface area (Å²) in [6.07, 6.45) is -6.05. The molecule has 2 rings (SSSR count). The van der Waals surface area contributed by atoms with Crippen molar-refractivity contribution in [3.63, 3.8) is 0 Å². The van der Waals surface area contributed by atoms with Crippen LogP contribution in [0.2, 0.25) is 5.02 Å². The number of benzene rings is 1. The average molecular weight is 250 g/mol. The maximum atomic E-state index is 12.3. The molecule has 0 fully saturated rings. The van der Waals surface area contributed by atoms with Gasteiger partial charge in [0.25, 0.3) is 0 Å². The van der Waals surface area contributed by atoms with Crippen molar-refractivity contribution in [1.29, 1.82) is 0 Å². The number of fused-ring (bicyclic) bond motifs is 1. The highest BCUT2D eigenvalue weighted by Crippen LogP contribution is 2.36. The fourth-order valence-electron chi connectivity index (χ4n) is 1.52. The summed E-state index contributed by atoms with van der Waals surface area (Å²) in [7, 11) is 0. The topological polar surface area (TPSA) is 36.0 Å². The minimum Gasteiger partial charge on any atom is -0.379 e. The summed E-state index contributed by atoms with van der Waals surface area (Å²) in [4.78, 5) is 2.65. The van der Waals surface area contributed by atoms with E-state index in [-0.39, 0.29) is 10.9 Å². The molecule has 2 N–H and O–H groups in total. The lowest BCUT2D eigenvalue weighted by Gasteiger charge is -2.13. The number of aliphatic hydroxyl groups excluding tert-OH is 1. The standard InChI is InChI=1S/C10H7ClF3NO/c11-5-1-2-8-6(3-5)7(4-15-8)9(16)10(12,13)14/h1-4,9,15-16H/t9-/m0/s1. The lowest BCUT2D eigenvalue weighted by molar-refractivity contribution is -0.206. The van der Waals surface area contributed by atoms with Crippen LogP contribution in [-0.4, -0.2) is 16.3 Å². The Hall–Kier alpha value is -1.20. The predicted octanol–water partition coefficient (Wildman–Crippen LogP) is 3.42. The Balaban J connectivity index is 2.57. The summed E-state index contributed by atoms with van der Waals surface area (Å²) in [5, 5.41) is 9.74. The van der Waals surface area contributed by atoms with Crippen LogP contribution in [0.5, 0.6) is 0 Å². The molecule has 2 nitrogen and oxygen atoms in total. The largest absolute Gasteiger partial charge is 0.418 e. The summed E-state index contributed by atoms with van der Waals surface area (Å²) in [6, 6.07) is 4.51. The first-order valence-electron chi connectivity index (χ1n) is 4.41. The van der Waals surface area contributed by atoms with Gasteiger partial charge >= 0.3 is 6.18 Å². The number of hydrogen-bond acceptors (Lipinski definition) is 1. The SMILES string of the molecule is O[C@@H](c1c[nH]c2ccc(Cl)cc12)C(F)(F)F. The van der Waals surface area contributed by atoms with Crippen molar-refractivity contribution in [2.45, 2.75) is 12.3 Å². The van der Waals surface area contributed by atoms with Gasteiger partial charge in [-0.3, -0.25) is 0 Å². The van der Waals surface area contributed by atoms with Gasteiger partial charge in [0.15, 0.2) is 6.10 Å². The molecule has 86 valence electrons. The Morgan fingerprint density at radius 1 is 1.31 bits per heavy atom. The maximum Gasteiger partial charge on any atom is 0.418 e. The van der Waals surface area contributed by atoms with E-state index < -0.39 is 12.3 Å². The highest BCUT2D eigenvalue weighted by molar-refractivity contribution is 6.31. The highest BCUT2D eigenvalue weighted by Gasteiger charge is 2.40. The minimum absolute atomic E-state index is 0.218. The number of aromatic amines is 1. The zero-order valence-electron chi connectivity index (χ0n) is 7.85. The summed E-state index contributed by atoms with van der Waals surface area (Å²) in [6.45, 7) is 0. The molecule has 1 atom stereocenters. The van der Waals surface area contributed by atoms with E-state index in [0.29, 0.717) is 10.5 Å². The van der Waals surface area contributed by atoms with E-state index in [1.54, 1.807) is 12.1 Å². The number of nitrogens with one attached hydrogen (secondary N) is 1. The van der Waals surface area contributed by atoms with Crippen molar-refractivity contribution >= 4 is 22.5 Å².